The number of carbonyl (C=O) groups is 1. The largest absolute Gasteiger partial charge is 0.461 e. The highest BCUT2D eigenvalue weighted by Crippen LogP contribution is 2.31. The van der Waals surface area contributed by atoms with Crippen molar-refractivity contribution < 1.29 is 9.53 Å². The molecule has 0 bridgehead atoms. The Bertz CT molecular complexity index is 358. The van der Waals surface area contributed by atoms with Gasteiger partial charge in [-0.3, -0.25) is 0 Å². The quantitative estimate of drug-likeness (QED) is 0.730. The Morgan fingerprint density at radius 1 is 1.73 bits per heavy atom. The minimum Gasteiger partial charge on any atom is -0.461 e. The maximum absolute atomic E-state index is 11.6. The van der Waals surface area contributed by atoms with E-state index in [1.807, 2.05) is 0 Å². The molecule has 0 radical (unpaired) electrons. The van der Waals surface area contributed by atoms with E-state index in [1.165, 1.54) is 0 Å². The third kappa shape index (κ3) is 2.03. The number of hydrogen-bond acceptors (Lipinski definition) is 5. The molecule has 2 heterocycles. The number of esters is 1. The van der Waals surface area contributed by atoms with Gasteiger partial charge in [0.25, 0.3) is 0 Å². The Labute approximate surface area is 92.9 Å². The average Bonchev–Trinajstić information content (AvgIpc) is 2.61. The fourth-order valence-electron chi connectivity index (χ4n) is 1.76. The SMILES string of the molecule is CCOC(=O)c1ncsc1C1CN(C)C1. The van der Waals surface area contributed by atoms with Gasteiger partial charge in [-0.1, -0.05) is 0 Å². The minimum absolute atomic E-state index is 0.289. The van der Waals surface area contributed by atoms with E-state index in [9.17, 15) is 4.79 Å². The highest BCUT2D eigenvalue weighted by atomic mass is 32.1. The second-order valence-electron chi connectivity index (χ2n) is 3.70. The first-order valence-corrected chi connectivity index (χ1v) is 5.89. The first-order chi connectivity index (χ1) is 7.22. The zero-order valence-corrected chi connectivity index (χ0v) is 9.71. The standard InChI is InChI=1S/C10H14N2O2S/c1-3-14-10(13)8-9(15-6-11-8)7-4-12(2)5-7/h6-7H,3-5H2,1-2H3. The maximum atomic E-state index is 11.6. The third-order valence-corrected chi connectivity index (χ3v) is 3.49. The molecule has 1 fully saturated rings. The Balaban J connectivity index is 2.11. The zero-order chi connectivity index (χ0) is 10.8. The summed E-state index contributed by atoms with van der Waals surface area (Å²) in [5.74, 6) is 0.171. The first kappa shape index (κ1) is 10.6. The zero-order valence-electron chi connectivity index (χ0n) is 8.90. The van der Waals surface area contributed by atoms with Crippen LogP contribution in [0.4, 0.5) is 0 Å². The van der Waals surface area contributed by atoms with Crippen molar-refractivity contribution in [3.05, 3.63) is 16.1 Å². The van der Waals surface area contributed by atoms with Crippen LogP contribution < -0.4 is 0 Å². The van der Waals surface area contributed by atoms with Crippen molar-refractivity contribution in [1.82, 2.24) is 9.88 Å². The molecule has 4 nitrogen and oxygen atoms in total. The lowest BCUT2D eigenvalue weighted by Gasteiger charge is -2.35. The predicted molar refractivity (Wildman–Crippen MR) is 58.3 cm³/mol. The molecule has 82 valence electrons. The van der Waals surface area contributed by atoms with Gasteiger partial charge in [0.1, 0.15) is 0 Å². The molecule has 1 aromatic rings. The van der Waals surface area contributed by atoms with Crippen LogP contribution in [0.2, 0.25) is 0 Å². The number of likely N-dealkylation sites (N-methyl/N-ethyl adjacent to an activating group) is 1. The number of aromatic nitrogens is 1. The van der Waals surface area contributed by atoms with Gasteiger partial charge < -0.3 is 9.64 Å². The molecule has 5 heteroatoms. The number of rotatable bonds is 3. The molecule has 0 atom stereocenters. The topological polar surface area (TPSA) is 42.4 Å². The fourth-order valence-corrected chi connectivity index (χ4v) is 2.62. The van der Waals surface area contributed by atoms with Gasteiger partial charge in [0.05, 0.1) is 12.1 Å². The van der Waals surface area contributed by atoms with Crippen LogP contribution in [0.3, 0.4) is 0 Å². The summed E-state index contributed by atoms with van der Waals surface area (Å²) in [5.41, 5.74) is 2.24. The van der Waals surface area contributed by atoms with Crippen LogP contribution in [0.25, 0.3) is 0 Å². The molecule has 0 N–H and O–H groups in total. The number of ether oxygens (including phenoxy) is 1. The maximum Gasteiger partial charge on any atom is 0.358 e. The predicted octanol–water partition coefficient (Wildman–Crippen LogP) is 1.35. The van der Waals surface area contributed by atoms with Crippen molar-refractivity contribution in [1.29, 1.82) is 0 Å². The van der Waals surface area contributed by atoms with Gasteiger partial charge in [-0.15, -0.1) is 11.3 Å². The summed E-state index contributed by atoms with van der Waals surface area (Å²) >= 11 is 1.55. The van der Waals surface area contributed by atoms with E-state index in [-0.39, 0.29) is 5.97 Å². The molecule has 1 aromatic heterocycles. The van der Waals surface area contributed by atoms with Gasteiger partial charge in [-0.05, 0) is 14.0 Å². The van der Waals surface area contributed by atoms with E-state index < -0.39 is 0 Å². The number of thiazole rings is 1. The second kappa shape index (κ2) is 4.28. The lowest BCUT2D eigenvalue weighted by atomic mass is 9.98. The summed E-state index contributed by atoms with van der Waals surface area (Å²) in [6, 6.07) is 0. The first-order valence-electron chi connectivity index (χ1n) is 5.01. The van der Waals surface area contributed by atoms with Crippen molar-refractivity contribution in [3.8, 4) is 0 Å². The highest BCUT2D eigenvalue weighted by molar-refractivity contribution is 7.10. The monoisotopic (exact) mass is 226 g/mol. The van der Waals surface area contributed by atoms with E-state index in [2.05, 4.69) is 16.9 Å². The smallest absolute Gasteiger partial charge is 0.358 e. The van der Waals surface area contributed by atoms with E-state index in [1.54, 1.807) is 23.8 Å². The summed E-state index contributed by atoms with van der Waals surface area (Å²) in [6.07, 6.45) is 0. The molecule has 0 amide bonds. The lowest BCUT2D eigenvalue weighted by molar-refractivity contribution is 0.0516. The molecule has 1 saturated heterocycles. The molecule has 0 aliphatic carbocycles. The Kier molecular flexibility index (Phi) is 3.02. The number of hydrogen-bond donors (Lipinski definition) is 0. The number of nitrogens with zero attached hydrogens (tertiary/aromatic N) is 2. The summed E-state index contributed by atoms with van der Waals surface area (Å²) < 4.78 is 4.96. The molecule has 0 unspecified atom stereocenters. The fraction of sp³-hybridized carbons (Fsp3) is 0.600. The molecule has 2 rings (SSSR count). The van der Waals surface area contributed by atoms with Crippen molar-refractivity contribution in [2.75, 3.05) is 26.7 Å². The van der Waals surface area contributed by atoms with Gasteiger partial charge in [0, 0.05) is 23.9 Å². The van der Waals surface area contributed by atoms with Crippen LogP contribution in [0.1, 0.15) is 28.2 Å². The van der Waals surface area contributed by atoms with Crippen molar-refractivity contribution in [3.63, 3.8) is 0 Å². The van der Waals surface area contributed by atoms with E-state index in [0.717, 1.165) is 18.0 Å². The van der Waals surface area contributed by atoms with Gasteiger partial charge in [0.2, 0.25) is 0 Å². The molecular weight excluding hydrogens is 212 g/mol. The molecule has 15 heavy (non-hydrogen) atoms. The van der Waals surface area contributed by atoms with Crippen LogP contribution >= 0.6 is 11.3 Å². The summed E-state index contributed by atoms with van der Waals surface area (Å²) in [5, 5.41) is 0. The van der Waals surface area contributed by atoms with Gasteiger partial charge >= 0.3 is 5.97 Å². The van der Waals surface area contributed by atoms with Crippen LogP contribution in [0.15, 0.2) is 5.51 Å². The minimum atomic E-state index is -0.289. The Hall–Kier alpha value is -0.940. The Morgan fingerprint density at radius 3 is 3.07 bits per heavy atom. The summed E-state index contributed by atoms with van der Waals surface area (Å²) in [6.45, 7) is 4.23. The molecule has 1 aliphatic heterocycles. The molecule has 0 aromatic carbocycles. The lowest BCUT2D eigenvalue weighted by Crippen LogP contribution is -2.41. The number of likely N-dealkylation sites (tertiary alicyclic amines) is 1. The summed E-state index contributed by atoms with van der Waals surface area (Å²) in [7, 11) is 2.07. The van der Waals surface area contributed by atoms with E-state index in [0.29, 0.717) is 18.2 Å². The van der Waals surface area contributed by atoms with Crippen LogP contribution in [-0.4, -0.2) is 42.6 Å². The highest BCUT2D eigenvalue weighted by Gasteiger charge is 2.30. The van der Waals surface area contributed by atoms with Crippen molar-refractivity contribution in [2.24, 2.45) is 0 Å². The average molecular weight is 226 g/mol. The van der Waals surface area contributed by atoms with Crippen LogP contribution in [0.5, 0.6) is 0 Å². The molecule has 0 spiro atoms. The number of carbonyl (C=O) groups excluding carboxylic acids is 1. The molecule has 0 saturated carbocycles. The van der Waals surface area contributed by atoms with E-state index in [4.69, 9.17) is 4.74 Å². The molecule has 1 aliphatic rings. The van der Waals surface area contributed by atoms with E-state index >= 15 is 0 Å². The Morgan fingerprint density at radius 2 is 2.47 bits per heavy atom. The van der Waals surface area contributed by atoms with Crippen molar-refractivity contribution in [2.45, 2.75) is 12.8 Å². The van der Waals surface area contributed by atoms with Crippen LogP contribution in [0, 0.1) is 0 Å². The normalized spacial score (nSPS) is 17.5. The van der Waals surface area contributed by atoms with Gasteiger partial charge in [0.15, 0.2) is 5.69 Å². The van der Waals surface area contributed by atoms with Crippen LogP contribution in [-0.2, 0) is 4.74 Å². The van der Waals surface area contributed by atoms with Gasteiger partial charge in [-0.25, -0.2) is 9.78 Å². The molecular formula is C10H14N2O2S. The van der Waals surface area contributed by atoms with Gasteiger partial charge in [-0.2, -0.15) is 0 Å². The third-order valence-electron chi connectivity index (χ3n) is 2.50. The summed E-state index contributed by atoms with van der Waals surface area (Å²) in [4.78, 5) is 18.9. The van der Waals surface area contributed by atoms with Crippen molar-refractivity contribution >= 4 is 17.3 Å². The second-order valence-corrected chi connectivity index (χ2v) is 4.59.